The number of hydrogen-bond acceptors (Lipinski definition) is 5. The van der Waals surface area contributed by atoms with Crippen LogP contribution in [0.5, 0.6) is 5.75 Å². The van der Waals surface area contributed by atoms with Crippen molar-refractivity contribution in [3.05, 3.63) is 69.5 Å². The largest absolute Gasteiger partial charge is 0.479 e. The second-order valence-corrected chi connectivity index (χ2v) is 11.0. The van der Waals surface area contributed by atoms with Crippen LogP contribution in [-0.2, 0) is 11.3 Å². The van der Waals surface area contributed by atoms with Crippen molar-refractivity contribution < 1.29 is 29.3 Å². The summed E-state index contributed by atoms with van der Waals surface area (Å²) >= 11 is 4.40. The van der Waals surface area contributed by atoms with E-state index in [2.05, 4.69) is 21.2 Å². The van der Waals surface area contributed by atoms with Gasteiger partial charge in [-0.3, -0.25) is 4.90 Å². The topological polar surface area (TPSA) is 116 Å². The Kier molecular flexibility index (Phi) is 9.41. The number of rotatable bonds is 10. The Morgan fingerprint density at radius 3 is 2.45 bits per heavy atom. The molecule has 1 heterocycles. The van der Waals surface area contributed by atoms with Crippen LogP contribution in [0, 0.1) is 5.92 Å². The first-order chi connectivity index (χ1) is 18.3. The number of carbonyl (C=O) groups excluding carboxylic acids is 1. The highest BCUT2D eigenvalue weighted by atomic mass is 79.9. The van der Waals surface area contributed by atoms with Crippen LogP contribution in [-0.4, -0.2) is 41.3 Å². The fourth-order valence-corrected chi connectivity index (χ4v) is 6.49. The standard InChI is InChI=1S/C28H29BrN2O6S/c29-23-24(37-17-22(32)33)26(27(34)35)38-25(23)20-12-7-13-21(14-20)31(16-19-10-5-2-6-11-19)28(36)30-15-18-8-3-1-4-9-18/h1,3-4,7-9,12-14,19H,2,5-6,10-11,15-17H2,(H,30,36)(H,32,33)(H,34,35). The maximum atomic E-state index is 13.5. The third kappa shape index (κ3) is 6.93. The van der Waals surface area contributed by atoms with Crippen molar-refractivity contribution >= 4 is 50.9 Å². The lowest BCUT2D eigenvalue weighted by Crippen LogP contribution is -2.42. The second kappa shape index (κ2) is 12.9. The van der Waals surface area contributed by atoms with Gasteiger partial charge in [0.15, 0.2) is 17.2 Å². The predicted octanol–water partition coefficient (Wildman–Crippen LogP) is 6.64. The summed E-state index contributed by atoms with van der Waals surface area (Å²) in [6, 6.07) is 16.9. The van der Waals surface area contributed by atoms with Crippen molar-refractivity contribution in [2.75, 3.05) is 18.1 Å². The van der Waals surface area contributed by atoms with Gasteiger partial charge < -0.3 is 20.3 Å². The van der Waals surface area contributed by atoms with Gasteiger partial charge in [-0.05, 0) is 57.9 Å². The number of hydrogen-bond donors (Lipinski definition) is 3. The Morgan fingerprint density at radius 2 is 1.76 bits per heavy atom. The number of carboxylic acids is 2. The summed E-state index contributed by atoms with van der Waals surface area (Å²) in [6.07, 6.45) is 5.68. The molecule has 0 spiro atoms. The lowest BCUT2D eigenvalue weighted by Gasteiger charge is -2.30. The summed E-state index contributed by atoms with van der Waals surface area (Å²) < 4.78 is 5.66. The van der Waals surface area contributed by atoms with Gasteiger partial charge in [0.25, 0.3) is 0 Å². The molecule has 4 rings (SSSR count). The third-order valence-electron chi connectivity index (χ3n) is 6.46. The van der Waals surface area contributed by atoms with E-state index in [0.29, 0.717) is 39.6 Å². The summed E-state index contributed by atoms with van der Waals surface area (Å²) in [5.41, 5.74) is 2.39. The van der Waals surface area contributed by atoms with Crippen molar-refractivity contribution in [2.24, 2.45) is 5.92 Å². The zero-order valence-electron chi connectivity index (χ0n) is 20.7. The van der Waals surface area contributed by atoms with E-state index in [0.717, 1.165) is 42.6 Å². The van der Waals surface area contributed by atoms with E-state index in [1.54, 1.807) is 4.90 Å². The number of carboxylic acid groups (broad SMARTS) is 2. The molecule has 1 fully saturated rings. The molecule has 8 nitrogen and oxygen atoms in total. The van der Waals surface area contributed by atoms with Crippen LogP contribution in [0.15, 0.2) is 59.1 Å². The minimum Gasteiger partial charge on any atom is -0.479 e. The zero-order chi connectivity index (χ0) is 27.1. The molecular formula is C28H29BrN2O6S. The number of anilines is 1. The summed E-state index contributed by atoms with van der Waals surface area (Å²) in [5.74, 6) is -2.04. The first-order valence-electron chi connectivity index (χ1n) is 12.4. The smallest absolute Gasteiger partial charge is 0.349 e. The summed E-state index contributed by atoms with van der Waals surface area (Å²) in [7, 11) is 0. The van der Waals surface area contributed by atoms with E-state index >= 15 is 0 Å². The van der Waals surface area contributed by atoms with Crippen LogP contribution in [0.1, 0.15) is 47.3 Å². The van der Waals surface area contributed by atoms with Gasteiger partial charge in [-0.2, -0.15) is 0 Å². The molecular weight excluding hydrogens is 572 g/mol. The quantitative estimate of drug-likeness (QED) is 0.240. The number of ether oxygens (including phenoxy) is 1. The third-order valence-corrected chi connectivity index (χ3v) is 8.69. The number of thiophene rings is 1. The Balaban J connectivity index is 1.64. The molecule has 3 N–H and O–H groups in total. The molecule has 2 aromatic carbocycles. The lowest BCUT2D eigenvalue weighted by molar-refractivity contribution is -0.139. The summed E-state index contributed by atoms with van der Waals surface area (Å²) in [4.78, 5) is 38.5. The molecule has 1 aromatic heterocycles. The molecule has 0 atom stereocenters. The number of urea groups is 1. The maximum absolute atomic E-state index is 13.5. The molecule has 0 bridgehead atoms. The van der Waals surface area contributed by atoms with Crippen LogP contribution in [0.4, 0.5) is 10.5 Å². The average molecular weight is 602 g/mol. The highest BCUT2D eigenvalue weighted by Gasteiger charge is 2.26. The fourth-order valence-electron chi connectivity index (χ4n) is 4.60. The monoisotopic (exact) mass is 600 g/mol. The number of carbonyl (C=O) groups is 3. The molecule has 10 heteroatoms. The minimum atomic E-state index is -1.21. The number of aromatic carboxylic acids is 1. The SMILES string of the molecule is O=C(O)COc1c(C(=O)O)sc(-c2cccc(N(CC3CCCCC3)C(=O)NCc3ccccc3)c2)c1Br. The van der Waals surface area contributed by atoms with Gasteiger partial charge in [-0.25, -0.2) is 14.4 Å². The number of amides is 2. The Labute approximate surface area is 233 Å². The highest BCUT2D eigenvalue weighted by Crippen LogP contribution is 2.46. The van der Waals surface area contributed by atoms with Crippen LogP contribution in [0.3, 0.4) is 0 Å². The van der Waals surface area contributed by atoms with Crippen LogP contribution in [0.25, 0.3) is 10.4 Å². The van der Waals surface area contributed by atoms with Crippen LogP contribution in [0.2, 0.25) is 0 Å². The number of aliphatic carboxylic acids is 1. The fraction of sp³-hybridized carbons (Fsp3) is 0.321. The second-order valence-electron chi connectivity index (χ2n) is 9.20. The Morgan fingerprint density at radius 1 is 1.03 bits per heavy atom. The van der Waals surface area contributed by atoms with Crippen molar-refractivity contribution in [3.8, 4) is 16.2 Å². The maximum Gasteiger partial charge on any atom is 0.349 e. The van der Waals surface area contributed by atoms with Gasteiger partial charge in [-0.1, -0.05) is 61.7 Å². The highest BCUT2D eigenvalue weighted by molar-refractivity contribution is 9.10. The molecule has 3 aromatic rings. The Bertz CT molecular complexity index is 1290. The van der Waals surface area contributed by atoms with Gasteiger partial charge in [-0.15, -0.1) is 11.3 Å². The van der Waals surface area contributed by atoms with Crippen LogP contribution >= 0.6 is 27.3 Å². The number of nitrogens with zero attached hydrogens (tertiary/aromatic N) is 1. The van der Waals surface area contributed by atoms with Gasteiger partial charge >= 0.3 is 18.0 Å². The molecule has 1 saturated carbocycles. The van der Waals surface area contributed by atoms with E-state index in [1.807, 2.05) is 54.6 Å². The molecule has 38 heavy (non-hydrogen) atoms. The molecule has 1 aliphatic carbocycles. The number of benzene rings is 2. The Hall–Kier alpha value is -3.37. The minimum absolute atomic E-state index is 0.0232. The van der Waals surface area contributed by atoms with E-state index in [9.17, 15) is 19.5 Å². The molecule has 200 valence electrons. The van der Waals surface area contributed by atoms with Gasteiger partial charge in [0.1, 0.15) is 0 Å². The number of halogens is 1. The predicted molar refractivity (Wildman–Crippen MR) is 150 cm³/mol. The molecule has 0 unspecified atom stereocenters. The zero-order valence-corrected chi connectivity index (χ0v) is 23.1. The molecule has 2 amide bonds. The molecule has 0 radical (unpaired) electrons. The van der Waals surface area contributed by atoms with Crippen LogP contribution < -0.4 is 15.0 Å². The summed E-state index contributed by atoms with van der Waals surface area (Å²) in [5, 5.41) is 21.7. The summed E-state index contributed by atoms with van der Waals surface area (Å²) in [6.45, 7) is 0.331. The van der Waals surface area contributed by atoms with E-state index in [4.69, 9.17) is 9.84 Å². The number of nitrogens with one attached hydrogen (secondary N) is 1. The first-order valence-corrected chi connectivity index (χ1v) is 14.0. The van der Waals surface area contributed by atoms with Crippen molar-refractivity contribution in [1.82, 2.24) is 5.32 Å². The van der Waals surface area contributed by atoms with E-state index in [1.165, 1.54) is 6.42 Å². The molecule has 0 saturated heterocycles. The normalized spacial score (nSPS) is 13.6. The van der Waals surface area contributed by atoms with Crippen molar-refractivity contribution in [3.63, 3.8) is 0 Å². The first kappa shape index (κ1) is 27.7. The van der Waals surface area contributed by atoms with Crippen molar-refractivity contribution in [2.45, 2.75) is 38.6 Å². The van der Waals surface area contributed by atoms with Crippen molar-refractivity contribution in [1.29, 1.82) is 0 Å². The van der Waals surface area contributed by atoms with E-state index < -0.39 is 18.5 Å². The van der Waals surface area contributed by atoms with Gasteiger partial charge in [0.05, 0.1) is 9.35 Å². The van der Waals surface area contributed by atoms with E-state index in [-0.39, 0.29) is 16.7 Å². The van der Waals surface area contributed by atoms with Gasteiger partial charge in [0, 0.05) is 18.8 Å². The van der Waals surface area contributed by atoms with Gasteiger partial charge in [0.2, 0.25) is 0 Å². The average Bonchev–Trinajstić information content (AvgIpc) is 3.26. The lowest BCUT2D eigenvalue weighted by atomic mass is 9.89. The molecule has 0 aliphatic heterocycles. The molecule has 1 aliphatic rings.